The zero-order valence-electron chi connectivity index (χ0n) is 28.3. The minimum Gasteiger partial charge on any atom is -0.493 e. The van der Waals surface area contributed by atoms with Gasteiger partial charge in [0.05, 0.1) is 35.3 Å². The van der Waals surface area contributed by atoms with Gasteiger partial charge in [-0.05, 0) is 51.2 Å². The number of hydrogen-bond acceptors (Lipinski definition) is 9. The van der Waals surface area contributed by atoms with Crippen LogP contribution in [0.2, 0.25) is 0 Å². The number of hydrogen-bond donors (Lipinski definition) is 1. The molecule has 0 unspecified atom stereocenters. The molecule has 1 aliphatic heterocycles. The van der Waals surface area contributed by atoms with Crippen LogP contribution in [0, 0.1) is 12.3 Å². The Morgan fingerprint density at radius 1 is 1.19 bits per heavy atom. The molecule has 2 fully saturated rings. The summed E-state index contributed by atoms with van der Waals surface area (Å²) in [5.41, 5.74) is 2.74. The number of nitrogens with zero attached hydrogens (tertiary/aromatic N) is 4. The van der Waals surface area contributed by atoms with Gasteiger partial charge in [-0.2, -0.15) is 0 Å². The Kier molecular flexibility index (Phi) is 11.0. The third-order valence-corrected chi connectivity index (χ3v) is 9.23. The summed E-state index contributed by atoms with van der Waals surface area (Å²) in [5.74, 6) is -2.25. The largest absolute Gasteiger partial charge is 0.493 e. The zero-order valence-corrected chi connectivity index (χ0v) is 29.1. The van der Waals surface area contributed by atoms with Crippen molar-refractivity contribution in [3.05, 3.63) is 35.0 Å². The Bertz CT molecular complexity index is 1450. The number of ether oxygens (including phenoxy) is 2. The van der Waals surface area contributed by atoms with E-state index in [4.69, 9.17) is 9.47 Å². The lowest BCUT2D eigenvalue weighted by molar-refractivity contribution is -0.157. The summed E-state index contributed by atoms with van der Waals surface area (Å²) in [5, 5.41) is 10.7. The van der Waals surface area contributed by atoms with Crippen LogP contribution in [-0.4, -0.2) is 92.3 Å². The number of carbonyl (C=O) groups is 4. The highest BCUT2D eigenvalue weighted by atomic mass is 32.1. The van der Waals surface area contributed by atoms with Crippen LogP contribution in [0.3, 0.4) is 0 Å². The highest BCUT2D eigenvalue weighted by Crippen LogP contribution is 2.46. The predicted octanol–water partition coefficient (Wildman–Crippen LogP) is 4.83. The number of likely N-dealkylation sites (tertiary alicyclic amines) is 1. The number of aryl methyl sites for hydroxylation is 1. The fourth-order valence-corrected chi connectivity index (χ4v) is 6.70. The molecule has 2 aliphatic rings. The average molecular weight is 675 g/mol. The first kappa shape index (κ1) is 36.3. The molecule has 13 heteroatoms. The smallest absolute Gasteiger partial charge is 0.306 e. The monoisotopic (exact) mass is 674 g/mol. The predicted molar refractivity (Wildman–Crippen MR) is 175 cm³/mol. The van der Waals surface area contributed by atoms with Crippen molar-refractivity contribution < 1.29 is 38.1 Å². The summed E-state index contributed by atoms with van der Waals surface area (Å²) in [4.78, 5) is 60.2. The Labute approximate surface area is 280 Å². The SMILES string of the molecule is Cc1ncsc1-c1ccc(CN(C=O)[C@@H]2C[C@@H](O)CN2C(=O)[C@@H](N(C=O)C2(F)CC2)C(C)(C)C)c(OCCCC(=O)OC(C)(C)C)c1. The van der Waals surface area contributed by atoms with Crippen LogP contribution in [0.1, 0.15) is 84.9 Å². The molecule has 2 aromatic rings. The van der Waals surface area contributed by atoms with Crippen molar-refractivity contribution in [2.24, 2.45) is 5.41 Å². The van der Waals surface area contributed by atoms with Gasteiger partial charge in [-0.1, -0.05) is 32.9 Å². The van der Waals surface area contributed by atoms with E-state index in [9.17, 15) is 24.3 Å². The molecule has 258 valence electrons. The zero-order chi connectivity index (χ0) is 34.7. The summed E-state index contributed by atoms with van der Waals surface area (Å²) in [6.45, 7) is 12.8. The summed E-state index contributed by atoms with van der Waals surface area (Å²) in [6.07, 6.45) is 0.216. The third kappa shape index (κ3) is 8.86. The first-order valence-electron chi connectivity index (χ1n) is 16.0. The summed E-state index contributed by atoms with van der Waals surface area (Å²) >= 11 is 1.49. The fraction of sp³-hybridized carbons (Fsp3) is 0.618. The van der Waals surface area contributed by atoms with E-state index in [-0.39, 0.29) is 51.3 Å². The second kappa shape index (κ2) is 14.3. The Morgan fingerprint density at radius 3 is 2.45 bits per heavy atom. The lowest BCUT2D eigenvalue weighted by Gasteiger charge is -2.43. The van der Waals surface area contributed by atoms with Gasteiger partial charge in [0.15, 0.2) is 5.79 Å². The first-order chi connectivity index (χ1) is 22.0. The molecule has 4 rings (SSSR count). The molecule has 1 saturated heterocycles. The van der Waals surface area contributed by atoms with Gasteiger partial charge >= 0.3 is 5.97 Å². The van der Waals surface area contributed by atoms with Gasteiger partial charge in [-0.25, -0.2) is 9.37 Å². The number of alkyl halides is 1. The van der Waals surface area contributed by atoms with Gasteiger partial charge < -0.3 is 24.4 Å². The number of halogens is 1. The minimum atomic E-state index is -1.89. The van der Waals surface area contributed by atoms with Crippen LogP contribution >= 0.6 is 11.3 Å². The van der Waals surface area contributed by atoms with E-state index < -0.39 is 41.0 Å². The molecular formula is C34H47FN4O7S. The molecule has 0 bridgehead atoms. The molecule has 1 saturated carbocycles. The van der Waals surface area contributed by atoms with Gasteiger partial charge in [0.2, 0.25) is 18.7 Å². The standard InChI is InChI=1S/C34H47FN4O7S/c1-22-29(47-19-36-22)23-10-11-24(26(15-23)45-14-8-9-28(43)46-33(5,6)7)17-37(20-40)27-16-25(42)18-38(27)31(44)30(32(2,3)4)39(21-41)34(35)12-13-34/h10-11,15,19-21,25,27,30,42H,8-9,12-14,16-18H2,1-7H3/t25-,27+,30-/m1/s1. The van der Waals surface area contributed by atoms with E-state index >= 15 is 4.39 Å². The van der Waals surface area contributed by atoms with Gasteiger partial charge in [0, 0.05) is 37.8 Å². The maximum Gasteiger partial charge on any atom is 0.306 e. The number of rotatable bonds is 14. The third-order valence-electron chi connectivity index (χ3n) is 8.25. The number of aliphatic hydroxyl groups excluding tert-OH is 1. The van der Waals surface area contributed by atoms with Crippen molar-refractivity contribution >= 4 is 36.0 Å². The van der Waals surface area contributed by atoms with Crippen LogP contribution in [0.4, 0.5) is 4.39 Å². The Balaban J connectivity index is 1.58. The molecule has 1 aromatic carbocycles. The van der Waals surface area contributed by atoms with Gasteiger partial charge in [0.1, 0.15) is 23.6 Å². The van der Waals surface area contributed by atoms with Crippen LogP contribution in [-0.2, 0) is 30.5 Å². The highest BCUT2D eigenvalue weighted by Gasteiger charge is 2.56. The van der Waals surface area contributed by atoms with E-state index in [0.717, 1.165) is 21.0 Å². The van der Waals surface area contributed by atoms with E-state index in [1.807, 2.05) is 45.9 Å². The van der Waals surface area contributed by atoms with Crippen LogP contribution in [0.5, 0.6) is 5.75 Å². The molecule has 0 spiro atoms. The lowest BCUT2D eigenvalue weighted by Crippen LogP contribution is -2.60. The van der Waals surface area contributed by atoms with Gasteiger partial charge in [-0.15, -0.1) is 11.3 Å². The second-order valence-electron chi connectivity index (χ2n) is 14.5. The summed E-state index contributed by atoms with van der Waals surface area (Å²) in [6, 6.07) is 4.48. The quantitative estimate of drug-likeness (QED) is 0.131. The van der Waals surface area contributed by atoms with Crippen LogP contribution < -0.4 is 4.74 Å². The molecule has 0 radical (unpaired) electrons. The number of aliphatic hydroxyl groups is 1. The molecule has 47 heavy (non-hydrogen) atoms. The molecule has 3 amide bonds. The Hall–Kier alpha value is -3.58. The minimum absolute atomic E-state index is 0.0403. The van der Waals surface area contributed by atoms with E-state index in [0.29, 0.717) is 30.6 Å². The van der Waals surface area contributed by atoms with Crippen LogP contribution in [0.25, 0.3) is 10.4 Å². The lowest BCUT2D eigenvalue weighted by atomic mass is 9.84. The molecule has 1 aliphatic carbocycles. The van der Waals surface area contributed by atoms with Crippen LogP contribution in [0.15, 0.2) is 23.7 Å². The maximum absolute atomic E-state index is 15.3. The van der Waals surface area contributed by atoms with Gasteiger partial charge in [0.25, 0.3) is 0 Å². The number of benzene rings is 1. The second-order valence-corrected chi connectivity index (χ2v) is 15.3. The number of carbonyl (C=O) groups excluding carboxylic acids is 4. The summed E-state index contributed by atoms with van der Waals surface area (Å²) < 4.78 is 26.9. The number of amides is 3. The van der Waals surface area contributed by atoms with E-state index in [1.54, 1.807) is 26.3 Å². The molecule has 3 atom stereocenters. The summed E-state index contributed by atoms with van der Waals surface area (Å²) in [7, 11) is 0. The van der Waals surface area contributed by atoms with E-state index in [2.05, 4.69) is 4.98 Å². The number of β-amino-alcohol motifs (C(OH)–C–C–N with tert-alkyl or cyclic N) is 1. The molecular weight excluding hydrogens is 627 g/mol. The highest BCUT2D eigenvalue weighted by molar-refractivity contribution is 7.13. The van der Waals surface area contributed by atoms with Gasteiger partial charge in [-0.3, -0.25) is 24.1 Å². The van der Waals surface area contributed by atoms with Crippen molar-refractivity contribution in [2.75, 3.05) is 13.2 Å². The average Bonchev–Trinajstić information content (AvgIpc) is 3.37. The fourth-order valence-electron chi connectivity index (χ4n) is 5.90. The van der Waals surface area contributed by atoms with Crippen molar-refractivity contribution in [3.8, 4) is 16.2 Å². The molecule has 1 N–H and O–H groups in total. The van der Waals surface area contributed by atoms with Crippen molar-refractivity contribution in [2.45, 2.75) is 117 Å². The molecule has 11 nitrogen and oxygen atoms in total. The number of esters is 1. The topological polar surface area (TPSA) is 130 Å². The normalized spacial score (nSPS) is 19.6. The van der Waals surface area contributed by atoms with E-state index in [1.165, 1.54) is 21.1 Å². The van der Waals surface area contributed by atoms with Crippen molar-refractivity contribution in [1.82, 2.24) is 19.7 Å². The maximum atomic E-state index is 15.3. The molecule has 2 heterocycles. The first-order valence-corrected chi connectivity index (χ1v) is 16.9. The number of thiazole rings is 1. The van der Waals surface area contributed by atoms with Crippen molar-refractivity contribution in [1.29, 1.82) is 0 Å². The Morgan fingerprint density at radius 2 is 1.89 bits per heavy atom. The number of aromatic nitrogens is 1. The van der Waals surface area contributed by atoms with Crippen molar-refractivity contribution in [3.63, 3.8) is 0 Å². The molecule has 1 aromatic heterocycles.